The predicted octanol–water partition coefficient (Wildman–Crippen LogP) is 2.86. The van der Waals surface area contributed by atoms with E-state index in [2.05, 4.69) is 5.43 Å². The van der Waals surface area contributed by atoms with Crippen LogP contribution in [0.4, 0.5) is 5.69 Å². The lowest BCUT2D eigenvalue weighted by molar-refractivity contribution is 0.0786. The molecular formula is C17H21N3O. The molecule has 2 aromatic carbocycles. The van der Waals surface area contributed by atoms with Gasteiger partial charge < -0.3 is 10.3 Å². The summed E-state index contributed by atoms with van der Waals surface area (Å²) in [6.07, 6.45) is 0. The van der Waals surface area contributed by atoms with Crippen LogP contribution in [0.15, 0.2) is 42.5 Å². The summed E-state index contributed by atoms with van der Waals surface area (Å²) >= 11 is 0. The first-order valence-electron chi connectivity index (χ1n) is 6.90. The van der Waals surface area contributed by atoms with Crippen LogP contribution in [0.3, 0.4) is 0 Å². The Kier molecular flexibility index (Phi) is 4.60. The molecule has 0 unspecified atom stereocenters. The van der Waals surface area contributed by atoms with Crippen molar-refractivity contribution in [2.45, 2.75) is 20.4 Å². The van der Waals surface area contributed by atoms with Crippen molar-refractivity contribution in [3.8, 4) is 0 Å². The maximum atomic E-state index is 12.6. The first-order valence-corrected chi connectivity index (χ1v) is 6.90. The third-order valence-electron chi connectivity index (χ3n) is 3.58. The number of anilines is 1. The molecule has 0 spiro atoms. The number of carbonyl (C=O) groups is 1. The van der Waals surface area contributed by atoms with E-state index in [-0.39, 0.29) is 5.91 Å². The van der Waals surface area contributed by atoms with Gasteiger partial charge in [0.05, 0.1) is 11.3 Å². The number of rotatable bonds is 4. The van der Waals surface area contributed by atoms with Crippen molar-refractivity contribution in [2.24, 2.45) is 5.84 Å². The van der Waals surface area contributed by atoms with E-state index >= 15 is 0 Å². The van der Waals surface area contributed by atoms with E-state index < -0.39 is 0 Å². The minimum Gasteiger partial charge on any atom is -0.337 e. The number of nitrogen functional groups attached to an aromatic ring is 1. The molecule has 2 rings (SSSR count). The molecule has 0 aliphatic heterocycles. The second-order valence-electron chi connectivity index (χ2n) is 5.28. The third-order valence-corrected chi connectivity index (χ3v) is 3.58. The Hall–Kier alpha value is -2.33. The smallest absolute Gasteiger partial charge is 0.256 e. The highest BCUT2D eigenvalue weighted by Crippen LogP contribution is 2.19. The quantitative estimate of drug-likeness (QED) is 0.670. The van der Waals surface area contributed by atoms with Crippen LogP contribution in [-0.2, 0) is 6.54 Å². The van der Waals surface area contributed by atoms with Gasteiger partial charge in [-0.2, -0.15) is 0 Å². The number of hydrazine groups is 1. The monoisotopic (exact) mass is 283 g/mol. The van der Waals surface area contributed by atoms with E-state index in [0.717, 1.165) is 11.1 Å². The predicted molar refractivity (Wildman–Crippen MR) is 86.0 cm³/mol. The normalized spacial score (nSPS) is 10.3. The van der Waals surface area contributed by atoms with Crippen molar-refractivity contribution in [1.82, 2.24) is 4.90 Å². The summed E-state index contributed by atoms with van der Waals surface area (Å²) in [5.41, 5.74) is 7.21. The number of benzene rings is 2. The van der Waals surface area contributed by atoms with Gasteiger partial charge in [0.25, 0.3) is 5.91 Å². The summed E-state index contributed by atoms with van der Waals surface area (Å²) in [6, 6.07) is 13.7. The van der Waals surface area contributed by atoms with Gasteiger partial charge in [0, 0.05) is 13.6 Å². The Balaban J connectivity index is 2.22. The molecule has 0 saturated carbocycles. The number of nitrogens with two attached hydrogens (primary N) is 1. The van der Waals surface area contributed by atoms with Crippen molar-refractivity contribution in [1.29, 1.82) is 0 Å². The molecule has 1 amide bonds. The molecule has 0 aromatic heterocycles. The van der Waals surface area contributed by atoms with Crippen LogP contribution in [0.25, 0.3) is 0 Å². The van der Waals surface area contributed by atoms with Crippen LogP contribution in [0.5, 0.6) is 0 Å². The second kappa shape index (κ2) is 6.41. The number of nitrogens with one attached hydrogen (secondary N) is 1. The van der Waals surface area contributed by atoms with Gasteiger partial charge >= 0.3 is 0 Å². The summed E-state index contributed by atoms with van der Waals surface area (Å²) in [7, 11) is 1.80. The summed E-state index contributed by atoms with van der Waals surface area (Å²) in [4.78, 5) is 14.3. The molecule has 4 heteroatoms. The maximum Gasteiger partial charge on any atom is 0.256 e. The number of hydrogen-bond donors (Lipinski definition) is 2. The minimum atomic E-state index is -0.0498. The van der Waals surface area contributed by atoms with Crippen LogP contribution < -0.4 is 11.3 Å². The lowest BCUT2D eigenvalue weighted by Gasteiger charge is -2.20. The van der Waals surface area contributed by atoms with E-state index in [1.165, 1.54) is 5.56 Å². The average Bonchev–Trinajstić information content (AvgIpc) is 2.48. The highest BCUT2D eigenvalue weighted by Gasteiger charge is 2.16. The van der Waals surface area contributed by atoms with Crippen molar-refractivity contribution in [3.63, 3.8) is 0 Å². The standard InChI is InChI=1S/C17H21N3O/c1-12-8-9-15(16(10-12)19-18)17(21)20(3)11-14-7-5-4-6-13(14)2/h4-10,19H,11,18H2,1-3H3. The first-order chi connectivity index (χ1) is 10.0. The van der Waals surface area contributed by atoms with Crippen LogP contribution in [0.2, 0.25) is 0 Å². The van der Waals surface area contributed by atoms with Gasteiger partial charge in [-0.25, -0.2) is 0 Å². The Morgan fingerprint density at radius 3 is 2.57 bits per heavy atom. The molecule has 0 aliphatic carbocycles. The van der Waals surface area contributed by atoms with Crippen molar-refractivity contribution >= 4 is 11.6 Å². The zero-order chi connectivity index (χ0) is 15.4. The summed E-state index contributed by atoms with van der Waals surface area (Å²) < 4.78 is 0. The Labute approximate surface area is 125 Å². The van der Waals surface area contributed by atoms with E-state index in [0.29, 0.717) is 17.8 Å². The molecule has 21 heavy (non-hydrogen) atoms. The van der Waals surface area contributed by atoms with E-state index in [1.807, 2.05) is 50.2 Å². The van der Waals surface area contributed by atoms with E-state index in [1.54, 1.807) is 18.0 Å². The number of amides is 1. The molecule has 0 radical (unpaired) electrons. The Morgan fingerprint density at radius 2 is 1.90 bits per heavy atom. The average molecular weight is 283 g/mol. The fraction of sp³-hybridized carbons (Fsp3) is 0.235. The Bertz CT molecular complexity index is 652. The molecule has 0 fully saturated rings. The second-order valence-corrected chi connectivity index (χ2v) is 5.28. The molecule has 110 valence electrons. The molecule has 3 N–H and O–H groups in total. The molecule has 2 aromatic rings. The summed E-state index contributed by atoms with van der Waals surface area (Å²) in [6.45, 7) is 4.59. The molecule has 0 saturated heterocycles. The number of nitrogens with zero attached hydrogens (tertiary/aromatic N) is 1. The fourth-order valence-corrected chi connectivity index (χ4v) is 2.28. The maximum absolute atomic E-state index is 12.6. The summed E-state index contributed by atoms with van der Waals surface area (Å²) in [5, 5.41) is 0. The highest BCUT2D eigenvalue weighted by atomic mass is 16.2. The van der Waals surface area contributed by atoms with Gasteiger partial charge in [-0.05, 0) is 42.7 Å². The molecule has 0 heterocycles. The zero-order valence-electron chi connectivity index (χ0n) is 12.7. The lowest BCUT2D eigenvalue weighted by atomic mass is 10.1. The number of carbonyl (C=O) groups excluding carboxylic acids is 1. The topological polar surface area (TPSA) is 58.4 Å². The zero-order valence-corrected chi connectivity index (χ0v) is 12.7. The molecule has 0 bridgehead atoms. The lowest BCUT2D eigenvalue weighted by Crippen LogP contribution is -2.28. The fourth-order valence-electron chi connectivity index (χ4n) is 2.28. The number of aryl methyl sites for hydroxylation is 2. The van der Waals surface area contributed by atoms with Crippen molar-refractivity contribution < 1.29 is 4.79 Å². The highest BCUT2D eigenvalue weighted by molar-refractivity contribution is 5.99. The van der Waals surface area contributed by atoms with Crippen LogP contribution in [-0.4, -0.2) is 17.9 Å². The molecular weight excluding hydrogens is 262 g/mol. The van der Waals surface area contributed by atoms with Crippen molar-refractivity contribution in [3.05, 3.63) is 64.7 Å². The van der Waals surface area contributed by atoms with Crippen LogP contribution in [0.1, 0.15) is 27.0 Å². The number of hydrogen-bond acceptors (Lipinski definition) is 3. The van der Waals surface area contributed by atoms with Gasteiger partial charge in [0.15, 0.2) is 0 Å². The van der Waals surface area contributed by atoms with E-state index in [9.17, 15) is 4.79 Å². The Morgan fingerprint density at radius 1 is 1.19 bits per heavy atom. The van der Waals surface area contributed by atoms with Gasteiger partial charge in [-0.3, -0.25) is 10.6 Å². The van der Waals surface area contributed by atoms with Gasteiger partial charge in [-0.15, -0.1) is 0 Å². The van der Waals surface area contributed by atoms with Gasteiger partial charge in [0.1, 0.15) is 0 Å². The molecule has 0 aliphatic rings. The molecule has 0 atom stereocenters. The largest absolute Gasteiger partial charge is 0.337 e. The first kappa shape index (κ1) is 15.1. The van der Waals surface area contributed by atoms with Crippen LogP contribution >= 0.6 is 0 Å². The SMILES string of the molecule is Cc1ccc(C(=O)N(C)Cc2ccccc2C)c(NN)c1. The van der Waals surface area contributed by atoms with Crippen molar-refractivity contribution in [2.75, 3.05) is 12.5 Å². The third kappa shape index (κ3) is 3.41. The van der Waals surface area contributed by atoms with Gasteiger partial charge in [-0.1, -0.05) is 30.3 Å². The van der Waals surface area contributed by atoms with E-state index in [4.69, 9.17) is 5.84 Å². The summed E-state index contributed by atoms with van der Waals surface area (Å²) in [5.74, 6) is 5.46. The molecule has 4 nitrogen and oxygen atoms in total. The minimum absolute atomic E-state index is 0.0498. The van der Waals surface area contributed by atoms with Gasteiger partial charge in [0.2, 0.25) is 0 Å². The van der Waals surface area contributed by atoms with Crippen LogP contribution in [0, 0.1) is 13.8 Å².